The molecule has 0 fully saturated rings. The monoisotopic (exact) mass is 466 g/mol. The Kier molecular flexibility index (Phi) is 6.96. The molecule has 130 valence electrons. The lowest BCUT2D eigenvalue weighted by molar-refractivity contribution is -0.135. The Bertz CT molecular complexity index is 767. The van der Waals surface area contributed by atoms with Gasteiger partial charge < -0.3 is 10.2 Å². The molecule has 0 aliphatic carbocycles. The molecule has 6 heteroatoms. The molecule has 4 nitrogen and oxygen atoms in total. The zero-order valence-corrected chi connectivity index (χ0v) is 16.3. The summed E-state index contributed by atoms with van der Waals surface area (Å²) in [5.74, 6) is -2.96. The number of hydrogen-bond acceptors (Lipinski definition) is 2. The van der Waals surface area contributed by atoms with Crippen LogP contribution in [-0.4, -0.2) is 22.2 Å². The fourth-order valence-corrected chi connectivity index (χ4v) is 3.53. The van der Waals surface area contributed by atoms with E-state index in [4.69, 9.17) is 5.11 Å². The van der Waals surface area contributed by atoms with Crippen molar-refractivity contribution in [2.75, 3.05) is 0 Å². The number of hydrogen-bond donors (Lipinski definition) is 2. The van der Waals surface area contributed by atoms with Crippen molar-refractivity contribution in [1.82, 2.24) is 0 Å². The lowest BCUT2D eigenvalue weighted by atomic mass is 9.86. The number of rotatable bonds is 7. The second-order valence-electron chi connectivity index (χ2n) is 5.53. The van der Waals surface area contributed by atoms with Crippen molar-refractivity contribution in [2.45, 2.75) is 12.8 Å². The molecular formula is C19H16Br2O4. The van der Waals surface area contributed by atoms with E-state index in [0.29, 0.717) is 12.8 Å². The summed E-state index contributed by atoms with van der Waals surface area (Å²) in [6, 6.07) is 15.1. The highest BCUT2D eigenvalue weighted by atomic mass is 79.9. The van der Waals surface area contributed by atoms with Crippen molar-refractivity contribution in [3.63, 3.8) is 0 Å². The van der Waals surface area contributed by atoms with E-state index in [1.165, 1.54) is 0 Å². The highest BCUT2D eigenvalue weighted by molar-refractivity contribution is 9.10. The van der Waals surface area contributed by atoms with Gasteiger partial charge in [0.05, 0.1) is 0 Å². The average molecular weight is 468 g/mol. The van der Waals surface area contributed by atoms with Gasteiger partial charge in [-0.15, -0.1) is 0 Å². The van der Waals surface area contributed by atoms with E-state index in [1.807, 2.05) is 48.5 Å². The minimum atomic E-state index is -1.26. The van der Waals surface area contributed by atoms with E-state index in [9.17, 15) is 14.7 Å². The Hall–Kier alpha value is -1.92. The van der Waals surface area contributed by atoms with E-state index in [0.717, 1.165) is 26.1 Å². The maximum absolute atomic E-state index is 11.7. The van der Waals surface area contributed by atoms with Gasteiger partial charge in [-0.05, 0) is 42.0 Å². The van der Waals surface area contributed by atoms with Gasteiger partial charge in [0.15, 0.2) is 0 Å². The molecule has 0 heterocycles. The van der Waals surface area contributed by atoms with E-state index >= 15 is 0 Å². The van der Waals surface area contributed by atoms with Crippen molar-refractivity contribution in [3.05, 3.63) is 80.3 Å². The van der Waals surface area contributed by atoms with Crippen LogP contribution < -0.4 is 0 Å². The third-order valence-electron chi connectivity index (χ3n) is 3.81. The lowest BCUT2D eigenvalue weighted by Crippen LogP contribution is -2.19. The summed E-state index contributed by atoms with van der Waals surface area (Å²) >= 11 is 6.94. The van der Waals surface area contributed by atoms with Crippen LogP contribution >= 0.6 is 31.9 Å². The fraction of sp³-hybridized carbons (Fsp3) is 0.158. The van der Waals surface area contributed by atoms with Crippen LogP contribution in [-0.2, 0) is 22.4 Å². The van der Waals surface area contributed by atoms with Gasteiger partial charge in [0.1, 0.15) is 0 Å². The third-order valence-corrected chi connectivity index (χ3v) is 5.36. The van der Waals surface area contributed by atoms with E-state index < -0.39 is 17.9 Å². The van der Waals surface area contributed by atoms with Gasteiger partial charge in [-0.25, -0.2) is 9.59 Å². The quantitative estimate of drug-likeness (QED) is 0.578. The normalized spacial score (nSPS) is 11.6. The van der Waals surface area contributed by atoms with Crippen molar-refractivity contribution in [2.24, 2.45) is 5.92 Å². The van der Waals surface area contributed by atoms with Crippen LogP contribution in [0, 0.1) is 5.92 Å². The maximum atomic E-state index is 11.7. The summed E-state index contributed by atoms with van der Waals surface area (Å²) in [5, 5.41) is 18.6. The smallest absolute Gasteiger partial charge is 0.332 e. The Morgan fingerprint density at radius 2 is 1.32 bits per heavy atom. The first-order valence-corrected chi connectivity index (χ1v) is 9.11. The molecule has 0 bridgehead atoms. The van der Waals surface area contributed by atoms with E-state index in [-0.39, 0.29) is 5.57 Å². The molecule has 0 unspecified atom stereocenters. The number of benzene rings is 2. The predicted octanol–water partition coefficient (Wildman–Crippen LogP) is 4.71. The van der Waals surface area contributed by atoms with Crippen LogP contribution in [0.5, 0.6) is 0 Å². The summed E-state index contributed by atoms with van der Waals surface area (Å²) in [4.78, 5) is 22.8. The van der Waals surface area contributed by atoms with Crippen molar-refractivity contribution < 1.29 is 19.8 Å². The highest BCUT2D eigenvalue weighted by Gasteiger charge is 2.24. The zero-order valence-electron chi connectivity index (χ0n) is 13.2. The number of halogens is 2. The molecule has 2 aromatic carbocycles. The second-order valence-corrected chi connectivity index (χ2v) is 7.24. The van der Waals surface area contributed by atoms with E-state index in [1.54, 1.807) is 0 Å². The highest BCUT2D eigenvalue weighted by Crippen LogP contribution is 2.28. The fourth-order valence-electron chi connectivity index (χ4n) is 2.64. The second kappa shape index (κ2) is 8.97. The number of carboxylic acids is 2. The molecule has 25 heavy (non-hydrogen) atoms. The minimum Gasteiger partial charge on any atom is -0.478 e. The van der Waals surface area contributed by atoms with Crippen molar-refractivity contribution >= 4 is 43.8 Å². The Labute approximate surface area is 162 Å². The van der Waals surface area contributed by atoms with Gasteiger partial charge in [0.2, 0.25) is 0 Å². The van der Waals surface area contributed by atoms with Crippen LogP contribution in [0.25, 0.3) is 0 Å². The third kappa shape index (κ3) is 5.54. The summed E-state index contributed by atoms with van der Waals surface area (Å²) in [7, 11) is 0. The van der Waals surface area contributed by atoms with Crippen LogP contribution in [0.1, 0.15) is 11.1 Å². The summed E-state index contributed by atoms with van der Waals surface area (Å²) < 4.78 is 1.74. The number of aliphatic carboxylic acids is 2. The van der Waals surface area contributed by atoms with Gasteiger partial charge in [-0.1, -0.05) is 68.3 Å². The topological polar surface area (TPSA) is 74.6 Å². The molecule has 0 spiro atoms. The van der Waals surface area contributed by atoms with Crippen molar-refractivity contribution in [1.29, 1.82) is 0 Å². The van der Waals surface area contributed by atoms with Crippen LogP contribution in [0.3, 0.4) is 0 Å². The molecule has 2 aromatic rings. The van der Waals surface area contributed by atoms with Gasteiger partial charge in [0.25, 0.3) is 0 Å². The van der Waals surface area contributed by atoms with Crippen molar-refractivity contribution in [3.8, 4) is 0 Å². The van der Waals surface area contributed by atoms with Crippen LogP contribution in [0.4, 0.5) is 0 Å². The first kappa shape index (κ1) is 19.4. The van der Waals surface area contributed by atoms with Gasteiger partial charge >= 0.3 is 11.9 Å². The minimum absolute atomic E-state index is 0.112. The van der Waals surface area contributed by atoms with Gasteiger partial charge in [-0.2, -0.15) is 0 Å². The largest absolute Gasteiger partial charge is 0.478 e. The van der Waals surface area contributed by atoms with Crippen LogP contribution in [0.2, 0.25) is 0 Å². The molecule has 0 radical (unpaired) electrons. The molecular weight excluding hydrogens is 452 g/mol. The zero-order chi connectivity index (χ0) is 18.4. The Morgan fingerprint density at radius 3 is 1.68 bits per heavy atom. The summed E-state index contributed by atoms with van der Waals surface area (Å²) in [5.41, 5.74) is 1.74. The van der Waals surface area contributed by atoms with Gasteiger partial charge in [0, 0.05) is 20.6 Å². The average Bonchev–Trinajstić information content (AvgIpc) is 2.55. The molecule has 0 saturated heterocycles. The first-order valence-electron chi connectivity index (χ1n) is 7.53. The molecule has 0 saturated carbocycles. The van der Waals surface area contributed by atoms with Crippen LogP contribution in [0.15, 0.2) is 69.1 Å². The number of carbonyl (C=O) groups is 2. The number of carboxylic acid groups (broad SMARTS) is 2. The van der Waals surface area contributed by atoms with E-state index in [2.05, 4.69) is 31.9 Å². The summed E-state index contributed by atoms with van der Waals surface area (Å²) in [6.07, 6.45) is 1.61. The Balaban J connectivity index is 2.43. The molecule has 0 aliphatic rings. The SMILES string of the molecule is O=C(O)C=C(C(=O)O)C(Cc1ccccc1Br)Cc1ccccc1Br. The predicted molar refractivity (Wildman–Crippen MR) is 103 cm³/mol. The Morgan fingerprint density at radius 1 is 0.880 bits per heavy atom. The molecule has 2 rings (SSSR count). The maximum Gasteiger partial charge on any atom is 0.332 e. The van der Waals surface area contributed by atoms with Gasteiger partial charge in [-0.3, -0.25) is 0 Å². The first-order chi connectivity index (χ1) is 11.9. The summed E-state index contributed by atoms with van der Waals surface area (Å²) in [6.45, 7) is 0. The molecule has 0 amide bonds. The molecule has 0 aliphatic heterocycles. The molecule has 0 aromatic heterocycles. The lowest BCUT2D eigenvalue weighted by Gasteiger charge is -2.19. The molecule has 2 N–H and O–H groups in total. The molecule has 0 atom stereocenters. The standard InChI is InChI=1S/C19H16Br2O4/c20-16-7-3-1-5-12(16)9-14(15(19(24)25)11-18(22)23)10-13-6-2-4-8-17(13)21/h1-8,11,14H,9-10H2,(H,22,23)(H,24,25).